The van der Waals surface area contributed by atoms with Gasteiger partial charge in [0.2, 0.25) is 0 Å². The number of aryl methyl sites for hydroxylation is 1. The van der Waals surface area contributed by atoms with Gasteiger partial charge in [0.25, 0.3) is 0 Å². The van der Waals surface area contributed by atoms with Gasteiger partial charge in [0, 0.05) is 12.1 Å². The molecule has 0 aliphatic carbocycles. The SMILES string of the molecule is CCC(N)Cc1cc(C)ccc1Oc1cccc(F)c1. The minimum Gasteiger partial charge on any atom is -0.457 e. The summed E-state index contributed by atoms with van der Waals surface area (Å²) in [5.41, 5.74) is 8.25. The van der Waals surface area contributed by atoms with E-state index in [0.29, 0.717) is 5.75 Å². The summed E-state index contributed by atoms with van der Waals surface area (Å²) < 4.78 is 19.0. The third-order valence-electron chi connectivity index (χ3n) is 3.25. The summed E-state index contributed by atoms with van der Waals surface area (Å²) in [6, 6.07) is 12.2. The zero-order valence-corrected chi connectivity index (χ0v) is 11.9. The Morgan fingerprint density at radius 1 is 1.20 bits per heavy atom. The van der Waals surface area contributed by atoms with E-state index in [9.17, 15) is 4.39 Å². The molecule has 0 amide bonds. The van der Waals surface area contributed by atoms with E-state index < -0.39 is 0 Å². The van der Waals surface area contributed by atoms with Crippen molar-refractivity contribution in [1.29, 1.82) is 0 Å². The summed E-state index contributed by atoms with van der Waals surface area (Å²) >= 11 is 0. The molecule has 0 aliphatic rings. The Morgan fingerprint density at radius 3 is 2.70 bits per heavy atom. The van der Waals surface area contributed by atoms with E-state index in [0.717, 1.165) is 29.7 Å². The van der Waals surface area contributed by atoms with E-state index in [-0.39, 0.29) is 11.9 Å². The molecule has 0 bridgehead atoms. The molecule has 0 spiro atoms. The number of rotatable bonds is 5. The molecule has 2 rings (SSSR count). The maximum atomic E-state index is 13.2. The Balaban J connectivity index is 2.26. The fourth-order valence-electron chi connectivity index (χ4n) is 2.05. The van der Waals surface area contributed by atoms with Crippen LogP contribution in [0.25, 0.3) is 0 Å². The predicted molar refractivity (Wildman–Crippen MR) is 79.6 cm³/mol. The van der Waals surface area contributed by atoms with E-state index in [1.165, 1.54) is 12.1 Å². The lowest BCUT2D eigenvalue weighted by Crippen LogP contribution is -2.21. The van der Waals surface area contributed by atoms with Gasteiger partial charge in [-0.3, -0.25) is 0 Å². The molecule has 1 atom stereocenters. The zero-order valence-electron chi connectivity index (χ0n) is 11.9. The molecular weight excluding hydrogens is 253 g/mol. The van der Waals surface area contributed by atoms with Crippen LogP contribution in [0.2, 0.25) is 0 Å². The molecule has 0 aliphatic heterocycles. The van der Waals surface area contributed by atoms with Gasteiger partial charge in [0.05, 0.1) is 0 Å². The van der Waals surface area contributed by atoms with Crippen molar-refractivity contribution in [3.05, 3.63) is 59.4 Å². The molecule has 106 valence electrons. The first-order chi connectivity index (χ1) is 9.58. The van der Waals surface area contributed by atoms with Crippen LogP contribution < -0.4 is 10.5 Å². The average molecular weight is 273 g/mol. The highest BCUT2D eigenvalue weighted by atomic mass is 19.1. The highest BCUT2D eigenvalue weighted by molar-refractivity contribution is 5.40. The first-order valence-electron chi connectivity index (χ1n) is 6.87. The Bertz CT molecular complexity index is 583. The molecule has 0 fully saturated rings. The van der Waals surface area contributed by atoms with Crippen LogP contribution in [0.3, 0.4) is 0 Å². The van der Waals surface area contributed by atoms with Gasteiger partial charge >= 0.3 is 0 Å². The Hall–Kier alpha value is -1.87. The molecule has 2 nitrogen and oxygen atoms in total. The fourth-order valence-corrected chi connectivity index (χ4v) is 2.05. The molecule has 1 unspecified atom stereocenters. The minimum absolute atomic E-state index is 0.103. The smallest absolute Gasteiger partial charge is 0.130 e. The van der Waals surface area contributed by atoms with Gasteiger partial charge in [-0.25, -0.2) is 4.39 Å². The Kier molecular flexibility index (Phi) is 4.74. The van der Waals surface area contributed by atoms with Crippen molar-refractivity contribution >= 4 is 0 Å². The topological polar surface area (TPSA) is 35.2 Å². The van der Waals surface area contributed by atoms with E-state index in [1.807, 2.05) is 19.1 Å². The van der Waals surface area contributed by atoms with Crippen molar-refractivity contribution in [3.8, 4) is 11.5 Å². The molecule has 2 N–H and O–H groups in total. The normalized spacial score (nSPS) is 12.2. The number of nitrogens with two attached hydrogens (primary N) is 1. The zero-order chi connectivity index (χ0) is 14.5. The van der Waals surface area contributed by atoms with Crippen molar-refractivity contribution in [2.45, 2.75) is 32.7 Å². The fraction of sp³-hybridized carbons (Fsp3) is 0.294. The van der Waals surface area contributed by atoms with Crippen LogP contribution in [0.5, 0.6) is 11.5 Å². The van der Waals surface area contributed by atoms with E-state index in [2.05, 4.69) is 13.0 Å². The molecule has 3 heteroatoms. The second-order valence-corrected chi connectivity index (χ2v) is 5.04. The van der Waals surface area contributed by atoms with Crippen LogP contribution in [0.4, 0.5) is 4.39 Å². The lowest BCUT2D eigenvalue weighted by Gasteiger charge is -2.15. The van der Waals surface area contributed by atoms with Crippen LogP contribution in [0, 0.1) is 12.7 Å². The summed E-state index contributed by atoms with van der Waals surface area (Å²) in [4.78, 5) is 0. The van der Waals surface area contributed by atoms with Gasteiger partial charge in [-0.2, -0.15) is 0 Å². The van der Waals surface area contributed by atoms with E-state index in [1.54, 1.807) is 12.1 Å². The summed E-state index contributed by atoms with van der Waals surface area (Å²) in [7, 11) is 0. The van der Waals surface area contributed by atoms with E-state index in [4.69, 9.17) is 10.5 Å². The standard InChI is InChI=1S/C17H20FNO/c1-3-15(19)10-13-9-12(2)7-8-17(13)20-16-6-4-5-14(18)11-16/h4-9,11,15H,3,10,19H2,1-2H3. The van der Waals surface area contributed by atoms with Gasteiger partial charge in [-0.15, -0.1) is 0 Å². The van der Waals surface area contributed by atoms with Crippen LogP contribution in [-0.4, -0.2) is 6.04 Å². The third kappa shape index (κ3) is 3.81. The van der Waals surface area contributed by atoms with Crippen molar-refractivity contribution in [3.63, 3.8) is 0 Å². The predicted octanol–water partition coefficient (Wildman–Crippen LogP) is 4.21. The van der Waals surface area contributed by atoms with E-state index >= 15 is 0 Å². The Labute approximate surface area is 119 Å². The molecule has 0 radical (unpaired) electrons. The Morgan fingerprint density at radius 2 is 2.00 bits per heavy atom. The monoisotopic (exact) mass is 273 g/mol. The molecule has 0 heterocycles. The largest absolute Gasteiger partial charge is 0.457 e. The first kappa shape index (κ1) is 14.5. The summed E-state index contributed by atoms with van der Waals surface area (Å²) in [5, 5.41) is 0. The van der Waals surface area contributed by atoms with Crippen LogP contribution in [-0.2, 0) is 6.42 Å². The highest BCUT2D eigenvalue weighted by Crippen LogP contribution is 2.27. The quantitative estimate of drug-likeness (QED) is 0.885. The molecule has 0 saturated carbocycles. The second kappa shape index (κ2) is 6.53. The summed E-state index contributed by atoms with van der Waals surface area (Å²) in [6.45, 7) is 4.10. The second-order valence-electron chi connectivity index (χ2n) is 5.04. The van der Waals surface area contributed by atoms with Crippen molar-refractivity contribution in [2.75, 3.05) is 0 Å². The molecule has 2 aromatic rings. The van der Waals surface area contributed by atoms with Crippen LogP contribution >= 0.6 is 0 Å². The van der Waals surface area contributed by atoms with Gasteiger partial charge < -0.3 is 10.5 Å². The van der Waals surface area contributed by atoms with Crippen molar-refractivity contribution < 1.29 is 9.13 Å². The van der Waals surface area contributed by atoms with Crippen molar-refractivity contribution in [2.24, 2.45) is 5.73 Å². The van der Waals surface area contributed by atoms with Gasteiger partial charge in [0.1, 0.15) is 17.3 Å². The maximum Gasteiger partial charge on any atom is 0.130 e. The highest BCUT2D eigenvalue weighted by Gasteiger charge is 2.09. The molecule has 2 aromatic carbocycles. The minimum atomic E-state index is -0.304. The lowest BCUT2D eigenvalue weighted by molar-refractivity contribution is 0.467. The summed E-state index contributed by atoms with van der Waals surface area (Å²) in [5.74, 6) is 0.937. The first-order valence-corrected chi connectivity index (χ1v) is 6.87. The lowest BCUT2D eigenvalue weighted by atomic mass is 10.0. The average Bonchev–Trinajstić information content (AvgIpc) is 2.42. The molecule has 0 saturated heterocycles. The summed E-state index contributed by atoms with van der Waals surface area (Å²) in [6.07, 6.45) is 1.66. The molecular formula is C17H20FNO. The molecule has 0 aromatic heterocycles. The van der Waals surface area contributed by atoms with Gasteiger partial charge in [-0.1, -0.05) is 30.7 Å². The number of benzene rings is 2. The van der Waals surface area contributed by atoms with Crippen LogP contribution in [0.1, 0.15) is 24.5 Å². The van der Waals surface area contributed by atoms with Crippen molar-refractivity contribution in [1.82, 2.24) is 0 Å². The maximum absolute atomic E-state index is 13.2. The van der Waals surface area contributed by atoms with Crippen LogP contribution in [0.15, 0.2) is 42.5 Å². The number of hydrogen-bond acceptors (Lipinski definition) is 2. The number of hydrogen-bond donors (Lipinski definition) is 1. The number of halogens is 1. The number of ether oxygens (including phenoxy) is 1. The van der Waals surface area contributed by atoms with Gasteiger partial charge in [0.15, 0.2) is 0 Å². The van der Waals surface area contributed by atoms with Gasteiger partial charge in [-0.05, 0) is 43.5 Å². The third-order valence-corrected chi connectivity index (χ3v) is 3.25. The molecule has 20 heavy (non-hydrogen) atoms.